The molecule has 22 heavy (non-hydrogen) atoms. The van der Waals surface area contributed by atoms with Gasteiger partial charge in [0.2, 0.25) is 0 Å². The summed E-state index contributed by atoms with van der Waals surface area (Å²) in [5, 5.41) is 0. The lowest BCUT2D eigenvalue weighted by Gasteiger charge is -2.16. The molecule has 0 aliphatic rings. The van der Waals surface area contributed by atoms with E-state index in [-0.39, 0.29) is 0 Å². The van der Waals surface area contributed by atoms with Crippen LogP contribution in [0.5, 0.6) is 0 Å². The molecule has 0 aromatic rings. The molecule has 0 aromatic heterocycles. The average molecular weight is 311 g/mol. The second kappa shape index (κ2) is 14.6. The zero-order valence-corrected chi connectivity index (χ0v) is 16.8. The molecular formula is C22H46. The summed E-state index contributed by atoms with van der Waals surface area (Å²) in [7, 11) is 0. The van der Waals surface area contributed by atoms with Gasteiger partial charge in [0, 0.05) is 0 Å². The van der Waals surface area contributed by atoms with E-state index in [0.717, 1.165) is 23.7 Å². The van der Waals surface area contributed by atoms with E-state index in [1.807, 2.05) is 0 Å². The van der Waals surface area contributed by atoms with Crippen molar-refractivity contribution in [2.24, 2.45) is 23.7 Å². The molecule has 0 aromatic carbocycles. The lowest BCUT2D eigenvalue weighted by Crippen LogP contribution is -2.01. The third-order valence-electron chi connectivity index (χ3n) is 5.32. The summed E-state index contributed by atoms with van der Waals surface area (Å²) < 4.78 is 0. The van der Waals surface area contributed by atoms with E-state index in [4.69, 9.17) is 0 Å². The van der Waals surface area contributed by atoms with E-state index < -0.39 is 0 Å². The van der Waals surface area contributed by atoms with Crippen LogP contribution in [0.4, 0.5) is 0 Å². The number of unbranched alkanes of at least 4 members (excludes halogenated alkanes) is 1. The van der Waals surface area contributed by atoms with Crippen molar-refractivity contribution < 1.29 is 0 Å². The SMILES string of the molecule is CCCC[C@H](C)CCC[C@H](C)CCC[C@H](C)CCCC(C)C. The third kappa shape index (κ3) is 14.9. The molecular weight excluding hydrogens is 264 g/mol. The van der Waals surface area contributed by atoms with Crippen molar-refractivity contribution >= 4 is 0 Å². The Bertz CT molecular complexity index is 218. The van der Waals surface area contributed by atoms with Crippen LogP contribution in [0, 0.1) is 23.7 Å². The fourth-order valence-corrected chi connectivity index (χ4v) is 3.49. The molecule has 0 amide bonds. The van der Waals surface area contributed by atoms with Crippen LogP contribution in [-0.4, -0.2) is 0 Å². The molecule has 0 aliphatic heterocycles. The zero-order valence-electron chi connectivity index (χ0n) is 16.8. The maximum absolute atomic E-state index is 2.47. The predicted octanol–water partition coefficient (Wildman–Crippen LogP) is 8.25. The van der Waals surface area contributed by atoms with Gasteiger partial charge >= 0.3 is 0 Å². The minimum absolute atomic E-state index is 0.881. The minimum Gasteiger partial charge on any atom is -0.0654 e. The molecule has 0 saturated heterocycles. The van der Waals surface area contributed by atoms with Crippen LogP contribution in [0.3, 0.4) is 0 Å². The van der Waals surface area contributed by atoms with Crippen LogP contribution in [0.1, 0.15) is 119 Å². The van der Waals surface area contributed by atoms with E-state index in [2.05, 4.69) is 41.5 Å². The van der Waals surface area contributed by atoms with E-state index in [9.17, 15) is 0 Å². The summed E-state index contributed by atoms with van der Waals surface area (Å²) >= 11 is 0. The summed E-state index contributed by atoms with van der Waals surface area (Å²) in [6.45, 7) is 14.4. The quantitative estimate of drug-likeness (QED) is 0.285. The molecule has 0 spiro atoms. The van der Waals surface area contributed by atoms with Gasteiger partial charge in [0.05, 0.1) is 0 Å². The van der Waals surface area contributed by atoms with Crippen LogP contribution in [0.15, 0.2) is 0 Å². The highest BCUT2D eigenvalue weighted by Gasteiger charge is 2.07. The van der Waals surface area contributed by atoms with Gasteiger partial charge in [-0.2, -0.15) is 0 Å². The van der Waals surface area contributed by atoms with Crippen LogP contribution in [0.2, 0.25) is 0 Å². The molecule has 0 aliphatic carbocycles. The molecule has 0 unspecified atom stereocenters. The normalized spacial score (nSPS) is 16.0. The van der Waals surface area contributed by atoms with Crippen LogP contribution in [0.25, 0.3) is 0 Å². The molecule has 134 valence electrons. The van der Waals surface area contributed by atoms with Gasteiger partial charge in [0.25, 0.3) is 0 Å². The van der Waals surface area contributed by atoms with Gasteiger partial charge in [-0.3, -0.25) is 0 Å². The monoisotopic (exact) mass is 310 g/mol. The molecule has 0 fully saturated rings. The summed E-state index contributed by atoms with van der Waals surface area (Å²) in [5.74, 6) is 3.72. The predicted molar refractivity (Wildman–Crippen MR) is 103 cm³/mol. The van der Waals surface area contributed by atoms with Crippen molar-refractivity contribution in [1.29, 1.82) is 0 Å². The number of hydrogen-bond donors (Lipinski definition) is 0. The van der Waals surface area contributed by atoms with Gasteiger partial charge in [0.1, 0.15) is 0 Å². The summed E-state index contributed by atoms with van der Waals surface area (Å²) in [6.07, 6.45) is 17.2. The molecule has 0 radical (unpaired) electrons. The van der Waals surface area contributed by atoms with Gasteiger partial charge in [-0.25, -0.2) is 0 Å². The first-order valence-electron chi connectivity index (χ1n) is 10.5. The largest absolute Gasteiger partial charge is 0.0654 e. The van der Waals surface area contributed by atoms with Crippen LogP contribution < -0.4 is 0 Å². The lowest BCUT2D eigenvalue weighted by molar-refractivity contribution is 0.372. The Morgan fingerprint density at radius 3 is 1.09 bits per heavy atom. The van der Waals surface area contributed by atoms with Crippen molar-refractivity contribution in [2.45, 2.75) is 119 Å². The fourth-order valence-electron chi connectivity index (χ4n) is 3.49. The van der Waals surface area contributed by atoms with Gasteiger partial charge in [-0.15, -0.1) is 0 Å². The van der Waals surface area contributed by atoms with E-state index in [1.54, 1.807) is 0 Å². The topological polar surface area (TPSA) is 0 Å². The smallest absolute Gasteiger partial charge is 0.0443 e. The summed E-state index contributed by atoms with van der Waals surface area (Å²) in [5.41, 5.74) is 0. The second-order valence-corrected chi connectivity index (χ2v) is 8.64. The Kier molecular flexibility index (Phi) is 14.6. The van der Waals surface area contributed by atoms with Gasteiger partial charge in [-0.1, -0.05) is 119 Å². The van der Waals surface area contributed by atoms with Gasteiger partial charge in [0.15, 0.2) is 0 Å². The van der Waals surface area contributed by atoms with Crippen LogP contribution in [-0.2, 0) is 0 Å². The van der Waals surface area contributed by atoms with Crippen molar-refractivity contribution in [2.75, 3.05) is 0 Å². The van der Waals surface area contributed by atoms with Gasteiger partial charge in [-0.05, 0) is 23.7 Å². The summed E-state index contributed by atoms with van der Waals surface area (Å²) in [6, 6.07) is 0. The van der Waals surface area contributed by atoms with E-state index in [1.165, 1.54) is 77.0 Å². The zero-order chi connectivity index (χ0) is 16.8. The highest BCUT2D eigenvalue weighted by molar-refractivity contribution is 4.61. The standard InChI is InChI=1S/C22H46/c1-7-8-13-20(4)15-10-17-22(6)18-11-16-21(5)14-9-12-19(2)3/h19-22H,7-18H2,1-6H3/t20-,21+,22-/m0/s1. The molecule has 0 heterocycles. The van der Waals surface area contributed by atoms with Crippen LogP contribution >= 0.6 is 0 Å². The Morgan fingerprint density at radius 2 is 0.773 bits per heavy atom. The van der Waals surface area contributed by atoms with Crippen molar-refractivity contribution in [3.05, 3.63) is 0 Å². The molecule has 0 nitrogen and oxygen atoms in total. The second-order valence-electron chi connectivity index (χ2n) is 8.64. The Balaban J connectivity index is 3.46. The molecule has 0 bridgehead atoms. The number of rotatable bonds is 15. The van der Waals surface area contributed by atoms with Crippen molar-refractivity contribution in [3.8, 4) is 0 Å². The molecule has 0 heteroatoms. The van der Waals surface area contributed by atoms with E-state index in [0.29, 0.717) is 0 Å². The first-order chi connectivity index (χ1) is 10.5. The molecule has 0 saturated carbocycles. The first kappa shape index (κ1) is 22.0. The maximum Gasteiger partial charge on any atom is -0.0443 e. The highest BCUT2D eigenvalue weighted by Crippen LogP contribution is 2.23. The number of hydrogen-bond acceptors (Lipinski definition) is 0. The van der Waals surface area contributed by atoms with Crippen molar-refractivity contribution in [3.63, 3.8) is 0 Å². The Labute approximate surface area is 142 Å². The molecule has 3 atom stereocenters. The van der Waals surface area contributed by atoms with E-state index >= 15 is 0 Å². The Hall–Kier alpha value is 0. The highest BCUT2D eigenvalue weighted by atomic mass is 14.1. The lowest BCUT2D eigenvalue weighted by atomic mass is 9.90. The third-order valence-corrected chi connectivity index (χ3v) is 5.32. The maximum atomic E-state index is 2.47. The fraction of sp³-hybridized carbons (Fsp3) is 1.00. The Morgan fingerprint density at radius 1 is 0.455 bits per heavy atom. The van der Waals surface area contributed by atoms with Gasteiger partial charge < -0.3 is 0 Å². The van der Waals surface area contributed by atoms with Crippen molar-refractivity contribution in [1.82, 2.24) is 0 Å². The summed E-state index contributed by atoms with van der Waals surface area (Å²) in [4.78, 5) is 0. The molecule has 0 N–H and O–H groups in total. The first-order valence-corrected chi connectivity index (χ1v) is 10.5. The average Bonchev–Trinajstić information content (AvgIpc) is 2.44. The minimum atomic E-state index is 0.881. The molecule has 0 rings (SSSR count).